The molecule has 1 fully saturated rings. The van der Waals surface area contributed by atoms with E-state index >= 15 is 0 Å². The number of amides is 1. The number of likely N-dealkylation sites (tertiary alicyclic amines) is 1. The molecule has 0 aliphatic carbocycles. The summed E-state index contributed by atoms with van der Waals surface area (Å²) in [6, 6.07) is 3.65. The van der Waals surface area contributed by atoms with Crippen LogP contribution in [0.2, 0.25) is 0 Å². The van der Waals surface area contributed by atoms with Gasteiger partial charge in [0, 0.05) is 38.3 Å². The van der Waals surface area contributed by atoms with E-state index in [-0.39, 0.29) is 12.0 Å². The number of hydrogen-bond donors (Lipinski definition) is 0. The number of aromatic nitrogens is 3. The number of imidazole rings is 1. The number of carbonyl (C=O) groups excluding carboxylic acids is 1. The maximum atomic E-state index is 12.5. The van der Waals surface area contributed by atoms with Gasteiger partial charge in [0.25, 0.3) is 5.91 Å². The summed E-state index contributed by atoms with van der Waals surface area (Å²) in [5, 5.41) is 0. The van der Waals surface area contributed by atoms with Gasteiger partial charge in [-0.25, -0.2) is 9.97 Å². The second-order valence-electron chi connectivity index (χ2n) is 5.32. The number of ether oxygens (including phenoxy) is 1. The van der Waals surface area contributed by atoms with E-state index in [1.54, 1.807) is 18.7 Å². The zero-order chi connectivity index (χ0) is 15.4. The Labute approximate surface area is 129 Å². The molecule has 0 saturated carbocycles. The van der Waals surface area contributed by atoms with Crippen molar-refractivity contribution in [2.45, 2.75) is 25.9 Å². The summed E-state index contributed by atoms with van der Waals surface area (Å²) in [5.41, 5.74) is 0.624. The number of nitrogens with zero attached hydrogens (tertiary/aromatic N) is 4. The molecule has 3 heterocycles. The van der Waals surface area contributed by atoms with Crippen LogP contribution < -0.4 is 0 Å². The van der Waals surface area contributed by atoms with Crippen LogP contribution in [0.5, 0.6) is 0 Å². The molecule has 0 bridgehead atoms. The van der Waals surface area contributed by atoms with Gasteiger partial charge in [0.1, 0.15) is 12.1 Å². The third-order valence-electron chi connectivity index (χ3n) is 3.90. The van der Waals surface area contributed by atoms with Crippen molar-refractivity contribution in [3.05, 3.63) is 42.6 Å². The molecule has 22 heavy (non-hydrogen) atoms. The van der Waals surface area contributed by atoms with Crippen molar-refractivity contribution in [1.82, 2.24) is 19.4 Å². The number of rotatable bonds is 4. The standard InChI is InChI=1S/C16H20N4O2/c1-2-22-14-5-8-19(9-6-14)16(21)13-3-4-15(18-11-13)20-10-7-17-12-20/h3-4,7,10-12,14H,2,5-6,8-9H2,1H3. The van der Waals surface area contributed by atoms with E-state index in [4.69, 9.17) is 4.74 Å². The molecule has 0 radical (unpaired) electrons. The number of carbonyl (C=O) groups is 1. The molecule has 6 heteroatoms. The quantitative estimate of drug-likeness (QED) is 0.865. The third-order valence-corrected chi connectivity index (χ3v) is 3.90. The molecule has 1 aliphatic rings. The Balaban J connectivity index is 1.63. The van der Waals surface area contributed by atoms with E-state index in [1.807, 2.05) is 34.7 Å². The van der Waals surface area contributed by atoms with Gasteiger partial charge in [-0.1, -0.05) is 0 Å². The van der Waals surface area contributed by atoms with Crippen LogP contribution in [0.15, 0.2) is 37.1 Å². The lowest BCUT2D eigenvalue weighted by Crippen LogP contribution is -2.40. The Hall–Kier alpha value is -2.21. The van der Waals surface area contributed by atoms with Crippen LogP contribution in [0.25, 0.3) is 5.82 Å². The number of pyridine rings is 1. The van der Waals surface area contributed by atoms with E-state index in [1.165, 1.54) is 0 Å². The monoisotopic (exact) mass is 300 g/mol. The highest BCUT2D eigenvalue weighted by Crippen LogP contribution is 2.16. The van der Waals surface area contributed by atoms with Crippen molar-refractivity contribution in [2.24, 2.45) is 0 Å². The Kier molecular flexibility index (Phi) is 4.48. The van der Waals surface area contributed by atoms with Gasteiger partial charge in [0.05, 0.1) is 11.7 Å². The highest BCUT2D eigenvalue weighted by Gasteiger charge is 2.23. The Morgan fingerprint density at radius 3 is 2.77 bits per heavy atom. The van der Waals surface area contributed by atoms with Gasteiger partial charge < -0.3 is 9.64 Å². The van der Waals surface area contributed by atoms with Crippen molar-refractivity contribution in [1.29, 1.82) is 0 Å². The van der Waals surface area contributed by atoms with Gasteiger partial charge in [-0.2, -0.15) is 0 Å². The van der Waals surface area contributed by atoms with Crippen molar-refractivity contribution in [3.8, 4) is 5.82 Å². The molecule has 1 amide bonds. The van der Waals surface area contributed by atoms with Gasteiger partial charge in [0.15, 0.2) is 0 Å². The lowest BCUT2D eigenvalue weighted by Gasteiger charge is -2.31. The molecule has 2 aromatic heterocycles. The summed E-state index contributed by atoms with van der Waals surface area (Å²) in [4.78, 5) is 22.7. The first kappa shape index (κ1) is 14.7. The molecule has 3 rings (SSSR count). The third kappa shape index (κ3) is 3.17. The first-order valence-electron chi connectivity index (χ1n) is 7.63. The fourth-order valence-corrected chi connectivity index (χ4v) is 2.70. The minimum atomic E-state index is 0.0413. The van der Waals surface area contributed by atoms with Crippen LogP contribution in [0.1, 0.15) is 30.1 Å². The van der Waals surface area contributed by atoms with Crippen molar-refractivity contribution in [3.63, 3.8) is 0 Å². The van der Waals surface area contributed by atoms with Gasteiger partial charge in [-0.05, 0) is 31.9 Å². The molecule has 1 saturated heterocycles. The van der Waals surface area contributed by atoms with Gasteiger partial charge in [-0.3, -0.25) is 9.36 Å². The van der Waals surface area contributed by atoms with Crippen molar-refractivity contribution in [2.75, 3.05) is 19.7 Å². The van der Waals surface area contributed by atoms with Gasteiger partial charge >= 0.3 is 0 Å². The van der Waals surface area contributed by atoms with Crippen LogP contribution >= 0.6 is 0 Å². The van der Waals surface area contributed by atoms with Crippen LogP contribution in [0.4, 0.5) is 0 Å². The molecule has 0 spiro atoms. The second kappa shape index (κ2) is 6.70. The van der Waals surface area contributed by atoms with Gasteiger partial charge in [-0.15, -0.1) is 0 Å². The highest BCUT2D eigenvalue weighted by molar-refractivity contribution is 5.94. The van der Waals surface area contributed by atoms with Crippen LogP contribution in [0.3, 0.4) is 0 Å². The fraction of sp³-hybridized carbons (Fsp3) is 0.438. The zero-order valence-electron chi connectivity index (χ0n) is 12.7. The summed E-state index contributed by atoms with van der Waals surface area (Å²) >= 11 is 0. The summed E-state index contributed by atoms with van der Waals surface area (Å²) in [6.45, 7) is 4.23. The predicted octanol–water partition coefficient (Wildman–Crippen LogP) is 1.91. The lowest BCUT2D eigenvalue weighted by atomic mass is 10.1. The molecular formula is C16H20N4O2. The first-order chi connectivity index (χ1) is 10.8. The number of hydrogen-bond acceptors (Lipinski definition) is 4. The molecule has 116 valence electrons. The number of piperidine rings is 1. The molecular weight excluding hydrogens is 280 g/mol. The molecule has 2 aromatic rings. The zero-order valence-corrected chi connectivity index (χ0v) is 12.7. The van der Waals surface area contributed by atoms with E-state index in [2.05, 4.69) is 9.97 Å². The minimum Gasteiger partial charge on any atom is -0.378 e. The minimum absolute atomic E-state index is 0.0413. The van der Waals surface area contributed by atoms with Crippen LogP contribution in [0, 0.1) is 0 Å². The van der Waals surface area contributed by atoms with Crippen LogP contribution in [-0.4, -0.2) is 51.1 Å². The Morgan fingerprint density at radius 1 is 1.36 bits per heavy atom. The SMILES string of the molecule is CCOC1CCN(C(=O)c2ccc(-n3ccnc3)nc2)CC1. The summed E-state index contributed by atoms with van der Waals surface area (Å²) in [5.74, 6) is 0.795. The predicted molar refractivity (Wildman–Crippen MR) is 81.9 cm³/mol. The van der Waals surface area contributed by atoms with E-state index in [9.17, 15) is 4.79 Å². The van der Waals surface area contributed by atoms with Crippen molar-refractivity contribution < 1.29 is 9.53 Å². The van der Waals surface area contributed by atoms with Crippen molar-refractivity contribution >= 4 is 5.91 Å². The van der Waals surface area contributed by atoms with E-state index < -0.39 is 0 Å². The maximum absolute atomic E-state index is 12.5. The fourth-order valence-electron chi connectivity index (χ4n) is 2.70. The topological polar surface area (TPSA) is 60.2 Å². The molecule has 0 unspecified atom stereocenters. The second-order valence-corrected chi connectivity index (χ2v) is 5.32. The first-order valence-corrected chi connectivity index (χ1v) is 7.63. The average molecular weight is 300 g/mol. The summed E-state index contributed by atoms with van der Waals surface area (Å²) in [6.07, 6.45) is 8.93. The molecule has 0 atom stereocenters. The van der Waals surface area contributed by atoms with E-state index in [0.717, 1.165) is 38.4 Å². The molecule has 0 aromatic carbocycles. The maximum Gasteiger partial charge on any atom is 0.255 e. The average Bonchev–Trinajstić information content (AvgIpc) is 3.10. The normalized spacial score (nSPS) is 16.0. The van der Waals surface area contributed by atoms with E-state index in [0.29, 0.717) is 5.56 Å². The largest absolute Gasteiger partial charge is 0.378 e. The smallest absolute Gasteiger partial charge is 0.255 e. The molecule has 6 nitrogen and oxygen atoms in total. The summed E-state index contributed by atoms with van der Waals surface area (Å²) < 4.78 is 7.42. The van der Waals surface area contributed by atoms with Gasteiger partial charge in [0.2, 0.25) is 0 Å². The Bertz CT molecular complexity index is 602. The van der Waals surface area contributed by atoms with Crippen LogP contribution in [-0.2, 0) is 4.74 Å². The Morgan fingerprint density at radius 2 is 2.18 bits per heavy atom. The summed E-state index contributed by atoms with van der Waals surface area (Å²) in [7, 11) is 0. The lowest BCUT2D eigenvalue weighted by molar-refractivity contribution is 0.0146. The molecule has 1 aliphatic heterocycles. The molecule has 0 N–H and O–H groups in total. The highest BCUT2D eigenvalue weighted by atomic mass is 16.5.